The second-order valence-corrected chi connectivity index (χ2v) is 1.88. The van der Waals surface area contributed by atoms with Gasteiger partial charge in [0, 0.05) is 0 Å². The number of ether oxygens (including phenoxy) is 1. The van der Waals surface area contributed by atoms with Gasteiger partial charge in [0.1, 0.15) is 12.7 Å². The number of carbonyl (C=O) groups is 1. The zero-order chi connectivity index (χ0) is 8.85. The van der Waals surface area contributed by atoms with E-state index in [1.54, 1.807) is 0 Å². The number of aliphatic hydroxyl groups is 3. The van der Waals surface area contributed by atoms with Gasteiger partial charge in [0.05, 0.1) is 6.61 Å². The largest absolute Gasteiger partial charge is 0.502 e. The molecule has 0 radical (unpaired) electrons. The van der Waals surface area contributed by atoms with Crippen molar-refractivity contribution in [3.05, 3.63) is 12.3 Å². The molecule has 0 aromatic heterocycles. The van der Waals surface area contributed by atoms with Crippen LogP contribution in [0.2, 0.25) is 0 Å². The third kappa shape index (κ3) is 4.35. The molecule has 0 saturated heterocycles. The molecule has 0 aromatic carbocycles. The highest BCUT2D eigenvalue weighted by molar-refractivity contribution is 5.84. The summed E-state index contributed by atoms with van der Waals surface area (Å²) in [6.45, 7) is 2.05. The van der Waals surface area contributed by atoms with Crippen molar-refractivity contribution < 1.29 is 24.9 Å². The maximum absolute atomic E-state index is 10.4. The van der Waals surface area contributed by atoms with Gasteiger partial charge in [0.2, 0.25) is 0 Å². The van der Waals surface area contributed by atoms with Crippen molar-refractivity contribution >= 4 is 5.97 Å². The average Bonchev–Trinajstić information content (AvgIpc) is 1.99. The Kier molecular flexibility index (Phi) is 4.24. The van der Waals surface area contributed by atoms with Crippen LogP contribution in [0.3, 0.4) is 0 Å². The number of hydrogen-bond donors (Lipinski definition) is 3. The van der Waals surface area contributed by atoms with Crippen molar-refractivity contribution in [2.24, 2.45) is 0 Å². The quantitative estimate of drug-likeness (QED) is 0.279. The number of esters is 1. The minimum Gasteiger partial charge on any atom is -0.502 e. The van der Waals surface area contributed by atoms with Crippen LogP contribution in [0.5, 0.6) is 0 Å². The second-order valence-electron chi connectivity index (χ2n) is 1.88. The Morgan fingerprint density at radius 3 is 2.55 bits per heavy atom. The SMILES string of the molecule is C=C(O)C(=O)OCC(O)CO. The molecule has 5 nitrogen and oxygen atoms in total. The smallest absolute Gasteiger partial charge is 0.372 e. The Balaban J connectivity index is 3.54. The van der Waals surface area contributed by atoms with Gasteiger partial charge in [-0.25, -0.2) is 4.79 Å². The van der Waals surface area contributed by atoms with Crippen LogP contribution < -0.4 is 0 Å². The molecule has 0 amide bonds. The first kappa shape index (κ1) is 9.93. The van der Waals surface area contributed by atoms with Crippen LogP contribution in [-0.4, -0.2) is 40.6 Å². The third-order valence-electron chi connectivity index (χ3n) is 0.853. The summed E-state index contributed by atoms with van der Waals surface area (Å²) < 4.78 is 4.26. The maximum Gasteiger partial charge on any atom is 0.372 e. The molecule has 0 aliphatic rings. The summed E-state index contributed by atoms with van der Waals surface area (Å²) >= 11 is 0. The fourth-order valence-electron chi connectivity index (χ4n) is 0.308. The molecule has 11 heavy (non-hydrogen) atoms. The highest BCUT2D eigenvalue weighted by Gasteiger charge is 2.09. The normalized spacial score (nSPS) is 12.2. The van der Waals surface area contributed by atoms with Crippen LogP contribution in [0.25, 0.3) is 0 Å². The first-order chi connectivity index (χ1) is 5.07. The molecule has 0 aromatic rings. The Morgan fingerprint density at radius 2 is 2.18 bits per heavy atom. The molecular weight excluding hydrogens is 152 g/mol. The number of hydrogen-bond acceptors (Lipinski definition) is 5. The molecule has 0 bridgehead atoms. The summed E-state index contributed by atoms with van der Waals surface area (Å²) in [4.78, 5) is 10.4. The van der Waals surface area contributed by atoms with Crippen LogP contribution in [0.15, 0.2) is 12.3 Å². The molecule has 1 atom stereocenters. The lowest BCUT2D eigenvalue weighted by Crippen LogP contribution is -2.22. The molecule has 0 saturated carbocycles. The lowest BCUT2D eigenvalue weighted by Gasteiger charge is -2.06. The van der Waals surface area contributed by atoms with Gasteiger partial charge in [-0.15, -0.1) is 0 Å². The van der Waals surface area contributed by atoms with Crippen molar-refractivity contribution in [2.75, 3.05) is 13.2 Å². The molecule has 0 aliphatic carbocycles. The monoisotopic (exact) mass is 162 g/mol. The predicted octanol–water partition coefficient (Wildman–Crippen LogP) is -1.05. The summed E-state index contributed by atoms with van der Waals surface area (Å²) in [6, 6.07) is 0. The van der Waals surface area contributed by atoms with E-state index in [0.717, 1.165) is 0 Å². The van der Waals surface area contributed by atoms with Gasteiger partial charge in [-0.1, -0.05) is 0 Å². The lowest BCUT2D eigenvalue weighted by molar-refractivity contribution is -0.145. The van der Waals surface area contributed by atoms with Crippen molar-refractivity contribution in [1.29, 1.82) is 0 Å². The Hall–Kier alpha value is -1.07. The topological polar surface area (TPSA) is 87.0 Å². The Bertz CT molecular complexity index is 153. The lowest BCUT2D eigenvalue weighted by atomic mass is 10.4. The highest BCUT2D eigenvalue weighted by Crippen LogP contribution is 1.90. The minimum absolute atomic E-state index is 0.352. The molecule has 0 aliphatic heterocycles. The van der Waals surface area contributed by atoms with Crippen LogP contribution >= 0.6 is 0 Å². The molecule has 64 valence electrons. The van der Waals surface area contributed by atoms with E-state index >= 15 is 0 Å². The minimum atomic E-state index is -1.11. The average molecular weight is 162 g/mol. The van der Waals surface area contributed by atoms with Gasteiger partial charge in [-0.2, -0.15) is 0 Å². The predicted molar refractivity (Wildman–Crippen MR) is 35.8 cm³/mol. The van der Waals surface area contributed by atoms with E-state index in [9.17, 15) is 4.79 Å². The molecule has 1 unspecified atom stereocenters. The summed E-state index contributed by atoms with van der Waals surface area (Å²) in [6.07, 6.45) is -1.11. The van der Waals surface area contributed by atoms with Crippen LogP contribution in [0.4, 0.5) is 0 Å². The van der Waals surface area contributed by atoms with Crippen molar-refractivity contribution in [2.45, 2.75) is 6.10 Å². The summed E-state index contributed by atoms with van der Waals surface area (Å²) in [5.41, 5.74) is 0. The van der Waals surface area contributed by atoms with Crippen molar-refractivity contribution in [1.82, 2.24) is 0 Å². The molecule has 0 rings (SSSR count). The van der Waals surface area contributed by atoms with E-state index in [2.05, 4.69) is 11.3 Å². The fourth-order valence-corrected chi connectivity index (χ4v) is 0.308. The van der Waals surface area contributed by atoms with E-state index < -0.39 is 24.4 Å². The van der Waals surface area contributed by atoms with E-state index in [0.29, 0.717) is 0 Å². The zero-order valence-electron chi connectivity index (χ0n) is 5.86. The van der Waals surface area contributed by atoms with Gasteiger partial charge < -0.3 is 20.1 Å². The van der Waals surface area contributed by atoms with Crippen LogP contribution in [-0.2, 0) is 9.53 Å². The van der Waals surface area contributed by atoms with Crippen molar-refractivity contribution in [3.8, 4) is 0 Å². The van der Waals surface area contributed by atoms with Crippen molar-refractivity contribution in [3.63, 3.8) is 0 Å². The summed E-state index contributed by atoms with van der Waals surface area (Å²) in [5, 5.41) is 25.3. The van der Waals surface area contributed by atoms with Gasteiger partial charge in [0.25, 0.3) is 0 Å². The molecule has 0 heterocycles. The Labute approximate surface area is 63.5 Å². The fraction of sp³-hybridized carbons (Fsp3) is 0.500. The molecule has 3 N–H and O–H groups in total. The van der Waals surface area contributed by atoms with Gasteiger partial charge >= 0.3 is 5.97 Å². The Morgan fingerprint density at radius 1 is 1.64 bits per heavy atom. The first-order valence-electron chi connectivity index (χ1n) is 2.92. The summed E-state index contributed by atoms with van der Waals surface area (Å²) in [5.74, 6) is -1.73. The molecular formula is C6H10O5. The zero-order valence-corrected chi connectivity index (χ0v) is 5.86. The van der Waals surface area contributed by atoms with E-state index in [1.165, 1.54) is 0 Å². The number of aliphatic hydroxyl groups excluding tert-OH is 3. The highest BCUT2D eigenvalue weighted by atomic mass is 16.6. The van der Waals surface area contributed by atoms with E-state index in [4.69, 9.17) is 15.3 Å². The molecule has 0 spiro atoms. The van der Waals surface area contributed by atoms with Crippen LogP contribution in [0, 0.1) is 0 Å². The molecule has 5 heteroatoms. The second kappa shape index (κ2) is 4.70. The maximum atomic E-state index is 10.4. The van der Waals surface area contributed by atoms with E-state index in [-0.39, 0.29) is 6.61 Å². The number of rotatable bonds is 4. The third-order valence-corrected chi connectivity index (χ3v) is 0.853. The standard InChI is InChI=1S/C6H10O5/c1-4(8)6(10)11-3-5(9)2-7/h5,7-9H,1-3H2. The molecule has 0 fully saturated rings. The van der Waals surface area contributed by atoms with Gasteiger partial charge in [-0.05, 0) is 6.58 Å². The van der Waals surface area contributed by atoms with Gasteiger partial charge in [0.15, 0.2) is 5.76 Å². The first-order valence-corrected chi connectivity index (χ1v) is 2.92. The number of carbonyl (C=O) groups excluding carboxylic acids is 1. The van der Waals surface area contributed by atoms with Crippen LogP contribution in [0.1, 0.15) is 0 Å². The van der Waals surface area contributed by atoms with Gasteiger partial charge in [-0.3, -0.25) is 0 Å². The summed E-state index contributed by atoms with van der Waals surface area (Å²) in [7, 11) is 0. The van der Waals surface area contributed by atoms with E-state index in [1.807, 2.05) is 0 Å².